The van der Waals surface area contributed by atoms with Crippen molar-refractivity contribution in [1.29, 1.82) is 0 Å². The summed E-state index contributed by atoms with van der Waals surface area (Å²) in [5, 5.41) is 0. The van der Waals surface area contributed by atoms with Gasteiger partial charge in [0.05, 0.1) is 12.3 Å². The lowest BCUT2D eigenvalue weighted by molar-refractivity contribution is 0.310. The summed E-state index contributed by atoms with van der Waals surface area (Å²) in [7, 11) is 0.651. The molecule has 0 aliphatic rings. The third kappa shape index (κ3) is 4.44. The number of sulfonamides is 1. The number of likely N-dealkylation sites (N-methyl/N-ethyl adjacent to an activating group) is 1. The lowest BCUT2D eigenvalue weighted by atomic mass is 10.4. The summed E-state index contributed by atoms with van der Waals surface area (Å²) in [4.78, 5) is 1.96. The van der Waals surface area contributed by atoms with E-state index in [1.54, 1.807) is 6.92 Å². The highest BCUT2D eigenvalue weighted by molar-refractivity contribution is 7.89. The first-order chi connectivity index (χ1) is 8.35. The molecule has 0 unspecified atom stereocenters. The van der Waals surface area contributed by atoms with Crippen LogP contribution in [0, 0.1) is 6.92 Å². The van der Waals surface area contributed by atoms with E-state index in [1.165, 1.54) is 4.31 Å². The maximum atomic E-state index is 12.0. The van der Waals surface area contributed by atoms with Gasteiger partial charge in [-0.1, -0.05) is 0 Å². The van der Waals surface area contributed by atoms with Gasteiger partial charge in [-0.15, -0.1) is 0 Å². The Bertz CT molecular complexity index is 465. The number of nitrogens with zero attached hydrogens (tertiary/aromatic N) is 2. The zero-order valence-corrected chi connectivity index (χ0v) is 12.3. The molecular weight excluding hydrogens is 252 g/mol. The summed E-state index contributed by atoms with van der Waals surface area (Å²) in [6, 6.07) is 3.67. The first-order valence-electron chi connectivity index (χ1n) is 6.03. The molecule has 0 atom stereocenters. The first kappa shape index (κ1) is 15.2. The van der Waals surface area contributed by atoms with E-state index in [-0.39, 0.29) is 5.75 Å². The summed E-state index contributed by atoms with van der Waals surface area (Å²) < 4.78 is 30.9. The quantitative estimate of drug-likeness (QED) is 0.752. The van der Waals surface area contributed by atoms with Crippen molar-refractivity contribution in [3.8, 4) is 0 Å². The summed E-state index contributed by atoms with van der Waals surface area (Å²) in [6.45, 7) is 4.98. The third-order valence-electron chi connectivity index (χ3n) is 2.68. The zero-order chi connectivity index (χ0) is 13.8. The molecule has 5 nitrogen and oxygen atoms in total. The lowest BCUT2D eigenvalue weighted by Gasteiger charge is -2.22. The van der Waals surface area contributed by atoms with Gasteiger partial charge in [0.25, 0.3) is 0 Å². The minimum atomic E-state index is -3.20. The number of aryl methyl sites for hydroxylation is 1. The van der Waals surface area contributed by atoms with Crippen molar-refractivity contribution in [2.24, 2.45) is 0 Å². The summed E-state index contributed by atoms with van der Waals surface area (Å²) in [6.07, 6.45) is 0. The molecule has 104 valence electrons. The van der Waals surface area contributed by atoms with Gasteiger partial charge in [-0.05, 0) is 40.1 Å². The predicted octanol–water partition coefficient (Wildman–Crippen LogP) is 1.30. The molecule has 0 saturated carbocycles. The van der Waals surface area contributed by atoms with Crippen molar-refractivity contribution in [3.63, 3.8) is 0 Å². The molecule has 0 bridgehead atoms. The maximum absolute atomic E-state index is 12.0. The van der Waals surface area contributed by atoms with Gasteiger partial charge in [-0.2, -0.15) is 4.31 Å². The Balaban J connectivity index is 2.77. The van der Waals surface area contributed by atoms with Crippen LogP contribution in [-0.2, 0) is 16.6 Å². The van der Waals surface area contributed by atoms with Crippen LogP contribution in [0.4, 0.5) is 0 Å². The normalized spacial score (nSPS) is 12.6. The standard InChI is InChI=1S/C12H22N2O3S/c1-5-18(15,16)14(9-8-13(3)4)10-12-7-6-11(2)17-12/h6-7H,5,8-10H2,1-4H3. The SMILES string of the molecule is CCS(=O)(=O)N(CCN(C)C)Cc1ccc(C)o1. The van der Waals surface area contributed by atoms with Gasteiger partial charge < -0.3 is 9.32 Å². The number of rotatable bonds is 7. The molecule has 0 fully saturated rings. The largest absolute Gasteiger partial charge is 0.465 e. The highest BCUT2D eigenvalue weighted by Gasteiger charge is 2.21. The van der Waals surface area contributed by atoms with Crippen molar-refractivity contribution in [2.45, 2.75) is 20.4 Å². The third-order valence-corrected chi connectivity index (χ3v) is 4.51. The van der Waals surface area contributed by atoms with Crippen LogP contribution < -0.4 is 0 Å². The second-order valence-electron chi connectivity index (χ2n) is 4.55. The Hall–Kier alpha value is -0.850. The molecule has 0 spiro atoms. The Morgan fingerprint density at radius 2 is 1.89 bits per heavy atom. The molecule has 1 rings (SSSR count). The van der Waals surface area contributed by atoms with E-state index in [0.29, 0.717) is 25.4 Å². The van der Waals surface area contributed by atoms with Crippen LogP contribution in [-0.4, -0.2) is 50.6 Å². The van der Waals surface area contributed by atoms with Crippen LogP contribution in [0.15, 0.2) is 16.5 Å². The van der Waals surface area contributed by atoms with E-state index in [0.717, 1.165) is 5.76 Å². The average Bonchev–Trinajstić information content (AvgIpc) is 2.69. The van der Waals surface area contributed by atoms with Crippen LogP contribution in [0.2, 0.25) is 0 Å². The molecule has 0 saturated heterocycles. The van der Waals surface area contributed by atoms with Gasteiger partial charge in [0.2, 0.25) is 10.0 Å². The highest BCUT2D eigenvalue weighted by Crippen LogP contribution is 2.12. The Morgan fingerprint density at radius 3 is 2.33 bits per heavy atom. The summed E-state index contributed by atoms with van der Waals surface area (Å²) >= 11 is 0. The molecule has 0 amide bonds. The Kier molecular flexibility index (Phi) is 5.37. The molecule has 0 aliphatic carbocycles. The van der Waals surface area contributed by atoms with Crippen molar-refractivity contribution in [3.05, 3.63) is 23.7 Å². The minimum Gasteiger partial charge on any atom is -0.465 e. The van der Waals surface area contributed by atoms with Crippen molar-refractivity contribution >= 4 is 10.0 Å². The van der Waals surface area contributed by atoms with Gasteiger partial charge >= 0.3 is 0 Å². The van der Waals surface area contributed by atoms with Crippen molar-refractivity contribution < 1.29 is 12.8 Å². The molecule has 18 heavy (non-hydrogen) atoms. The molecule has 1 aromatic heterocycles. The molecule has 6 heteroatoms. The van der Waals surface area contributed by atoms with Gasteiger partial charge in [-0.25, -0.2) is 8.42 Å². The van der Waals surface area contributed by atoms with Gasteiger partial charge in [-0.3, -0.25) is 0 Å². The smallest absolute Gasteiger partial charge is 0.214 e. The van der Waals surface area contributed by atoms with Crippen LogP contribution in [0.5, 0.6) is 0 Å². The molecule has 0 N–H and O–H groups in total. The van der Waals surface area contributed by atoms with Crippen molar-refractivity contribution in [2.75, 3.05) is 32.9 Å². The van der Waals surface area contributed by atoms with E-state index >= 15 is 0 Å². The van der Waals surface area contributed by atoms with E-state index in [2.05, 4.69) is 0 Å². The molecule has 1 aromatic rings. The summed E-state index contributed by atoms with van der Waals surface area (Å²) in [5.41, 5.74) is 0. The van der Waals surface area contributed by atoms with Gasteiger partial charge in [0, 0.05) is 13.1 Å². The van der Waals surface area contributed by atoms with Gasteiger partial charge in [0.15, 0.2) is 0 Å². The molecule has 0 radical (unpaired) electrons. The van der Waals surface area contributed by atoms with Crippen LogP contribution in [0.1, 0.15) is 18.4 Å². The fraction of sp³-hybridized carbons (Fsp3) is 0.667. The first-order valence-corrected chi connectivity index (χ1v) is 7.64. The zero-order valence-electron chi connectivity index (χ0n) is 11.5. The second-order valence-corrected chi connectivity index (χ2v) is 6.81. The van der Waals surface area contributed by atoms with Crippen LogP contribution in [0.25, 0.3) is 0 Å². The van der Waals surface area contributed by atoms with E-state index in [9.17, 15) is 8.42 Å². The van der Waals surface area contributed by atoms with Crippen molar-refractivity contribution in [1.82, 2.24) is 9.21 Å². The fourth-order valence-corrected chi connectivity index (χ4v) is 2.60. The number of hydrogen-bond donors (Lipinski definition) is 0. The molecule has 0 aliphatic heterocycles. The van der Waals surface area contributed by atoms with E-state index < -0.39 is 10.0 Å². The van der Waals surface area contributed by atoms with Gasteiger partial charge in [0.1, 0.15) is 11.5 Å². The van der Waals surface area contributed by atoms with Crippen LogP contribution in [0.3, 0.4) is 0 Å². The Labute approximate surface area is 109 Å². The topological polar surface area (TPSA) is 53.8 Å². The fourth-order valence-electron chi connectivity index (χ4n) is 1.55. The monoisotopic (exact) mass is 274 g/mol. The second kappa shape index (κ2) is 6.36. The van der Waals surface area contributed by atoms with Crippen LogP contribution >= 0.6 is 0 Å². The predicted molar refractivity (Wildman–Crippen MR) is 71.9 cm³/mol. The number of furan rings is 1. The van der Waals surface area contributed by atoms with E-state index in [4.69, 9.17) is 4.42 Å². The minimum absolute atomic E-state index is 0.111. The molecule has 0 aromatic carbocycles. The average molecular weight is 274 g/mol. The highest BCUT2D eigenvalue weighted by atomic mass is 32.2. The summed E-state index contributed by atoms with van der Waals surface area (Å²) in [5.74, 6) is 1.59. The Morgan fingerprint density at radius 1 is 1.22 bits per heavy atom. The maximum Gasteiger partial charge on any atom is 0.214 e. The molecular formula is C12H22N2O3S. The van der Waals surface area contributed by atoms with E-state index in [1.807, 2.05) is 38.1 Å². The molecule has 1 heterocycles. The lowest BCUT2D eigenvalue weighted by Crippen LogP contribution is -2.37. The number of hydrogen-bond acceptors (Lipinski definition) is 4.